The van der Waals surface area contributed by atoms with Crippen molar-refractivity contribution >= 4 is 5.91 Å². The van der Waals surface area contributed by atoms with Crippen LogP contribution in [0.5, 0.6) is 0 Å². The zero-order chi connectivity index (χ0) is 11.1. The number of carbonyl (C=O) groups excluding carboxylic acids is 1. The third-order valence-corrected chi connectivity index (χ3v) is 2.92. The van der Waals surface area contributed by atoms with Crippen molar-refractivity contribution in [1.29, 1.82) is 0 Å². The quantitative estimate of drug-likeness (QED) is 0.654. The largest absolute Gasteiger partial charge is 0.352 e. The van der Waals surface area contributed by atoms with Crippen LogP contribution in [0.15, 0.2) is 12.2 Å². The first kappa shape index (κ1) is 12.2. The lowest BCUT2D eigenvalue weighted by molar-refractivity contribution is -0.125. The second-order valence-electron chi connectivity index (χ2n) is 4.22. The molecule has 1 amide bonds. The average Bonchev–Trinajstić information content (AvgIpc) is 2.77. The molecule has 0 aromatic heterocycles. The molecule has 0 bridgehead atoms. The molecule has 86 valence electrons. The van der Waals surface area contributed by atoms with Gasteiger partial charge in [0, 0.05) is 18.5 Å². The normalized spacial score (nSPS) is 18.0. The Hall–Kier alpha value is -0.830. The summed E-state index contributed by atoms with van der Waals surface area (Å²) >= 11 is 0. The SMILES string of the molecule is CCCCC(CN)NC(=O)C1CC=CC1. The molecule has 0 heterocycles. The molecule has 1 atom stereocenters. The van der Waals surface area contributed by atoms with Gasteiger partial charge in [0.25, 0.3) is 0 Å². The number of rotatable bonds is 6. The van der Waals surface area contributed by atoms with Crippen LogP contribution in [0.3, 0.4) is 0 Å². The maximum Gasteiger partial charge on any atom is 0.223 e. The minimum Gasteiger partial charge on any atom is -0.352 e. The van der Waals surface area contributed by atoms with E-state index in [1.165, 1.54) is 0 Å². The summed E-state index contributed by atoms with van der Waals surface area (Å²) < 4.78 is 0. The first-order valence-electron chi connectivity index (χ1n) is 5.93. The van der Waals surface area contributed by atoms with E-state index in [2.05, 4.69) is 24.4 Å². The van der Waals surface area contributed by atoms with E-state index >= 15 is 0 Å². The van der Waals surface area contributed by atoms with E-state index in [4.69, 9.17) is 5.73 Å². The summed E-state index contributed by atoms with van der Waals surface area (Å²) in [4.78, 5) is 11.8. The van der Waals surface area contributed by atoms with Crippen molar-refractivity contribution in [2.75, 3.05) is 6.54 Å². The topological polar surface area (TPSA) is 55.1 Å². The predicted molar refractivity (Wildman–Crippen MR) is 62.4 cm³/mol. The van der Waals surface area contributed by atoms with Gasteiger partial charge in [0.1, 0.15) is 0 Å². The van der Waals surface area contributed by atoms with E-state index in [0.29, 0.717) is 6.54 Å². The zero-order valence-electron chi connectivity index (χ0n) is 9.54. The van der Waals surface area contributed by atoms with E-state index in [1.807, 2.05) is 0 Å². The summed E-state index contributed by atoms with van der Waals surface area (Å²) in [6.45, 7) is 2.70. The fourth-order valence-corrected chi connectivity index (χ4v) is 1.85. The van der Waals surface area contributed by atoms with E-state index in [1.54, 1.807) is 0 Å². The molecule has 0 fully saturated rings. The molecule has 0 aromatic rings. The van der Waals surface area contributed by atoms with Crippen molar-refractivity contribution < 1.29 is 4.79 Å². The molecule has 1 unspecified atom stereocenters. The third-order valence-electron chi connectivity index (χ3n) is 2.92. The number of nitrogens with one attached hydrogen (secondary N) is 1. The molecule has 0 aliphatic heterocycles. The van der Waals surface area contributed by atoms with Gasteiger partial charge in [-0.05, 0) is 19.3 Å². The van der Waals surface area contributed by atoms with Crippen LogP contribution in [0.25, 0.3) is 0 Å². The number of nitrogens with two attached hydrogens (primary N) is 1. The van der Waals surface area contributed by atoms with Gasteiger partial charge in [-0.2, -0.15) is 0 Å². The Labute approximate surface area is 92.1 Å². The molecule has 0 radical (unpaired) electrons. The summed E-state index contributed by atoms with van der Waals surface area (Å²) in [6, 6.07) is 0.165. The molecule has 0 spiro atoms. The third kappa shape index (κ3) is 4.04. The number of carbonyl (C=O) groups is 1. The second kappa shape index (κ2) is 6.62. The van der Waals surface area contributed by atoms with Crippen LogP contribution in [0.4, 0.5) is 0 Å². The van der Waals surface area contributed by atoms with Crippen LogP contribution in [0, 0.1) is 5.92 Å². The molecule has 0 saturated heterocycles. The van der Waals surface area contributed by atoms with Crippen molar-refractivity contribution in [1.82, 2.24) is 5.32 Å². The fraction of sp³-hybridized carbons (Fsp3) is 0.750. The summed E-state index contributed by atoms with van der Waals surface area (Å²) in [5.74, 6) is 0.326. The highest BCUT2D eigenvalue weighted by molar-refractivity contribution is 5.79. The lowest BCUT2D eigenvalue weighted by atomic mass is 10.0. The molecular formula is C12H22N2O. The Morgan fingerprint density at radius 3 is 2.73 bits per heavy atom. The molecule has 15 heavy (non-hydrogen) atoms. The maximum absolute atomic E-state index is 11.8. The van der Waals surface area contributed by atoms with Crippen molar-refractivity contribution in [2.24, 2.45) is 11.7 Å². The molecule has 1 aliphatic rings. The first-order valence-corrected chi connectivity index (χ1v) is 5.93. The van der Waals surface area contributed by atoms with Crippen LogP contribution >= 0.6 is 0 Å². The minimum absolute atomic E-state index is 0.153. The molecule has 3 nitrogen and oxygen atoms in total. The second-order valence-corrected chi connectivity index (χ2v) is 4.22. The molecular weight excluding hydrogens is 188 g/mol. The zero-order valence-corrected chi connectivity index (χ0v) is 9.54. The smallest absolute Gasteiger partial charge is 0.223 e. The highest BCUT2D eigenvalue weighted by atomic mass is 16.1. The van der Waals surface area contributed by atoms with Gasteiger partial charge in [-0.1, -0.05) is 31.9 Å². The molecule has 1 rings (SSSR count). The lowest BCUT2D eigenvalue weighted by Crippen LogP contribution is -2.42. The Morgan fingerprint density at radius 1 is 1.53 bits per heavy atom. The van der Waals surface area contributed by atoms with Crippen molar-refractivity contribution in [3.8, 4) is 0 Å². The monoisotopic (exact) mass is 210 g/mol. The van der Waals surface area contributed by atoms with Gasteiger partial charge in [0.05, 0.1) is 0 Å². The van der Waals surface area contributed by atoms with Gasteiger partial charge in [-0.25, -0.2) is 0 Å². The molecule has 0 aromatic carbocycles. The van der Waals surface area contributed by atoms with Gasteiger partial charge in [-0.3, -0.25) is 4.79 Å². The summed E-state index contributed by atoms with van der Waals surface area (Å²) in [7, 11) is 0. The van der Waals surface area contributed by atoms with Crippen molar-refractivity contribution in [3.05, 3.63) is 12.2 Å². The Kier molecular flexibility index (Phi) is 5.40. The summed E-state index contributed by atoms with van der Waals surface area (Å²) in [5, 5.41) is 3.04. The van der Waals surface area contributed by atoms with Crippen LogP contribution in [0.1, 0.15) is 39.0 Å². The predicted octanol–water partition coefficient (Wildman–Crippen LogP) is 1.59. The molecule has 1 aliphatic carbocycles. The fourth-order valence-electron chi connectivity index (χ4n) is 1.85. The molecule has 3 heteroatoms. The highest BCUT2D eigenvalue weighted by Gasteiger charge is 2.21. The van der Waals surface area contributed by atoms with Gasteiger partial charge in [0.15, 0.2) is 0 Å². The van der Waals surface area contributed by atoms with Crippen LogP contribution in [-0.2, 0) is 4.79 Å². The summed E-state index contributed by atoms with van der Waals surface area (Å²) in [6.07, 6.45) is 9.20. The number of unbranched alkanes of at least 4 members (excludes halogenated alkanes) is 1. The number of allylic oxidation sites excluding steroid dienone is 2. The van der Waals surface area contributed by atoms with Crippen LogP contribution < -0.4 is 11.1 Å². The summed E-state index contributed by atoms with van der Waals surface area (Å²) in [5.41, 5.74) is 5.63. The molecule has 3 N–H and O–H groups in total. The lowest BCUT2D eigenvalue weighted by Gasteiger charge is -2.19. The minimum atomic E-state index is 0.153. The standard InChI is InChI=1S/C12H22N2O/c1-2-3-8-11(9-13)14-12(15)10-6-4-5-7-10/h4-5,10-11H,2-3,6-9,13H2,1H3,(H,14,15). The van der Waals surface area contributed by atoms with Crippen molar-refractivity contribution in [2.45, 2.75) is 45.1 Å². The number of amides is 1. The van der Waals surface area contributed by atoms with Crippen LogP contribution in [0.2, 0.25) is 0 Å². The van der Waals surface area contributed by atoms with Gasteiger partial charge < -0.3 is 11.1 Å². The Morgan fingerprint density at radius 2 is 2.20 bits per heavy atom. The van der Waals surface area contributed by atoms with E-state index in [0.717, 1.165) is 32.1 Å². The number of hydrogen-bond donors (Lipinski definition) is 2. The average molecular weight is 210 g/mol. The maximum atomic E-state index is 11.8. The van der Waals surface area contributed by atoms with E-state index in [9.17, 15) is 4.79 Å². The number of hydrogen-bond acceptors (Lipinski definition) is 2. The highest BCUT2D eigenvalue weighted by Crippen LogP contribution is 2.17. The Bertz CT molecular complexity index is 218. The first-order chi connectivity index (χ1) is 7.27. The van der Waals surface area contributed by atoms with Crippen molar-refractivity contribution in [3.63, 3.8) is 0 Å². The van der Waals surface area contributed by atoms with Gasteiger partial charge >= 0.3 is 0 Å². The van der Waals surface area contributed by atoms with Gasteiger partial charge in [-0.15, -0.1) is 0 Å². The van der Waals surface area contributed by atoms with E-state index in [-0.39, 0.29) is 17.9 Å². The van der Waals surface area contributed by atoms with Gasteiger partial charge in [0.2, 0.25) is 5.91 Å². The Balaban J connectivity index is 2.27. The van der Waals surface area contributed by atoms with E-state index < -0.39 is 0 Å². The molecule has 0 saturated carbocycles. The van der Waals surface area contributed by atoms with Crippen LogP contribution in [-0.4, -0.2) is 18.5 Å².